The molecular formula is C11H6F3NO2. The van der Waals surface area contributed by atoms with Crippen LogP contribution < -0.4 is 0 Å². The monoisotopic (exact) mass is 241 g/mol. The Morgan fingerprint density at radius 3 is 2.35 bits per heavy atom. The average molecular weight is 241 g/mol. The molecule has 0 heterocycles. The Hall–Kier alpha value is -2.16. The standard InChI is InChI=1S/C11H6F3NO2/c1-6(17)9-2-8(5-16)7(4-15)3-10(9)11(12,13)14/h2-3,5H,1H3. The summed E-state index contributed by atoms with van der Waals surface area (Å²) >= 11 is 0. The van der Waals surface area contributed by atoms with Crippen LogP contribution in [-0.4, -0.2) is 12.1 Å². The fourth-order valence-corrected chi connectivity index (χ4v) is 1.34. The number of hydrogen-bond acceptors (Lipinski definition) is 3. The summed E-state index contributed by atoms with van der Waals surface area (Å²) in [4.78, 5) is 21.7. The minimum atomic E-state index is -4.74. The minimum Gasteiger partial charge on any atom is -0.298 e. The number of benzene rings is 1. The lowest BCUT2D eigenvalue weighted by molar-refractivity contribution is -0.137. The molecule has 0 saturated carbocycles. The SMILES string of the molecule is CC(=O)c1cc(C=O)c(C#N)cc1C(F)(F)F. The van der Waals surface area contributed by atoms with Crippen molar-refractivity contribution < 1.29 is 22.8 Å². The zero-order chi connectivity index (χ0) is 13.2. The lowest BCUT2D eigenvalue weighted by atomic mass is 9.97. The molecule has 0 fully saturated rings. The van der Waals surface area contributed by atoms with Gasteiger partial charge in [0.2, 0.25) is 0 Å². The third-order valence-electron chi connectivity index (χ3n) is 2.12. The van der Waals surface area contributed by atoms with E-state index in [2.05, 4.69) is 0 Å². The number of rotatable bonds is 2. The third kappa shape index (κ3) is 2.50. The van der Waals surface area contributed by atoms with Gasteiger partial charge in [-0.2, -0.15) is 18.4 Å². The molecule has 1 rings (SSSR count). The number of hydrogen-bond donors (Lipinski definition) is 0. The summed E-state index contributed by atoms with van der Waals surface area (Å²) < 4.78 is 37.8. The van der Waals surface area contributed by atoms with Crippen molar-refractivity contribution in [2.45, 2.75) is 13.1 Å². The first-order valence-electron chi connectivity index (χ1n) is 4.42. The highest BCUT2D eigenvalue weighted by atomic mass is 19.4. The van der Waals surface area contributed by atoms with Crippen LogP contribution in [0.4, 0.5) is 13.2 Å². The van der Waals surface area contributed by atoms with Crippen molar-refractivity contribution in [1.29, 1.82) is 5.26 Å². The highest BCUT2D eigenvalue weighted by Gasteiger charge is 2.35. The third-order valence-corrected chi connectivity index (χ3v) is 2.12. The van der Waals surface area contributed by atoms with E-state index < -0.39 is 28.6 Å². The van der Waals surface area contributed by atoms with Crippen LogP contribution in [0.15, 0.2) is 12.1 Å². The summed E-state index contributed by atoms with van der Waals surface area (Å²) in [5.74, 6) is -0.815. The molecule has 0 bridgehead atoms. The van der Waals surface area contributed by atoms with Gasteiger partial charge in [-0.25, -0.2) is 0 Å². The summed E-state index contributed by atoms with van der Waals surface area (Å²) in [6, 6.07) is 2.79. The molecule has 17 heavy (non-hydrogen) atoms. The van der Waals surface area contributed by atoms with Gasteiger partial charge < -0.3 is 0 Å². The maximum Gasteiger partial charge on any atom is 0.417 e. The molecule has 0 spiro atoms. The van der Waals surface area contributed by atoms with E-state index in [0.717, 1.165) is 13.0 Å². The predicted molar refractivity (Wildman–Crippen MR) is 51.6 cm³/mol. The molecule has 1 aromatic carbocycles. The van der Waals surface area contributed by atoms with Gasteiger partial charge in [0, 0.05) is 11.1 Å². The minimum absolute atomic E-state index is 0.231. The number of Topliss-reactive ketones (excluding diaryl/α,β-unsaturated/α-hetero) is 1. The number of carbonyl (C=O) groups excluding carboxylic acids is 2. The topological polar surface area (TPSA) is 57.9 Å². The van der Waals surface area contributed by atoms with Gasteiger partial charge in [0.05, 0.1) is 17.2 Å². The second kappa shape index (κ2) is 4.37. The van der Waals surface area contributed by atoms with Crippen molar-refractivity contribution in [3.8, 4) is 6.07 Å². The second-order valence-corrected chi connectivity index (χ2v) is 3.27. The first-order valence-corrected chi connectivity index (χ1v) is 4.42. The zero-order valence-corrected chi connectivity index (χ0v) is 8.63. The molecule has 0 aromatic heterocycles. The molecule has 0 amide bonds. The molecule has 3 nitrogen and oxygen atoms in total. The Labute approximate surface area is 94.5 Å². The molecule has 0 aliphatic rings. The van der Waals surface area contributed by atoms with Gasteiger partial charge >= 0.3 is 6.18 Å². The normalized spacial score (nSPS) is 10.8. The van der Waals surface area contributed by atoms with E-state index in [9.17, 15) is 22.8 Å². The molecule has 6 heteroatoms. The van der Waals surface area contributed by atoms with Crippen LogP contribution >= 0.6 is 0 Å². The van der Waals surface area contributed by atoms with Gasteiger partial charge in [-0.05, 0) is 19.1 Å². The highest BCUT2D eigenvalue weighted by Crippen LogP contribution is 2.33. The molecule has 0 aliphatic carbocycles. The zero-order valence-electron chi connectivity index (χ0n) is 8.63. The fourth-order valence-electron chi connectivity index (χ4n) is 1.34. The quantitative estimate of drug-likeness (QED) is 0.590. The number of aldehydes is 1. The average Bonchev–Trinajstić information content (AvgIpc) is 2.25. The van der Waals surface area contributed by atoms with Crippen LogP contribution in [0.3, 0.4) is 0 Å². The van der Waals surface area contributed by atoms with E-state index in [1.165, 1.54) is 6.07 Å². The van der Waals surface area contributed by atoms with Crippen molar-refractivity contribution in [2.24, 2.45) is 0 Å². The Morgan fingerprint density at radius 1 is 1.41 bits per heavy atom. The predicted octanol–water partition coefficient (Wildman–Crippen LogP) is 2.59. The summed E-state index contributed by atoms with van der Waals surface area (Å²) in [5, 5.41) is 8.61. The molecule has 1 aromatic rings. The molecule has 88 valence electrons. The van der Waals surface area contributed by atoms with Crippen molar-refractivity contribution in [3.63, 3.8) is 0 Å². The number of ketones is 1. The van der Waals surface area contributed by atoms with E-state index >= 15 is 0 Å². The maximum absolute atomic E-state index is 12.6. The summed E-state index contributed by atoms with van der Waals surface area (Å²) in [7, 11) is 0. The molecular weight excluding hydrogens is 235 g/mol. The Kier molecular flexibility index (Phi) is 3.32. The fraction of sp³-hybridized carbons (Fsp3) is 0.182. The van der Waals surface area contributed by atoms with Gasteiger partial charge in [0.1, 0.15) is 0 Å². The van der Waals surface area contributed by atoms with Crippen LogP contribution in [0.1, 0.15) is 38.8 Å². The molecule has 0 radical (unpaired) electrons. The lowest BCUT2D eigenvalue weighted by Crippen LogP contribution is -2.13. The first-order chi connectivity index (χ1) is 7.81. The van der Waals surface area contributed by atoms with Crippen molar-refractivity contribution >= 4 is 12.1 Å². The molecule has 0 unspecified atom stereocenters. The van der Waals surface area contributed by atoms with E-state index in [1.807, 2.05) is 0 Å². The largest absolute Gasteiger partial charge is 0.417 e. The first kappa shape index (κ1) is 12.9. The number of nitrogens with zero attached hydrogens (tertiary/aromatic N) is 1. The number of nitriles is 1. The van der Waals surface area contributed by atoms with Gasteiger partial charge in [-0.3, -0.25) is 9.59 Å². The lowest BCUT2D eigenvalue weighted by Gasteiger charge is -2.12. The molecule has 0 aliphatic heterocycles. The highest BCUT2D eigenvalue weighted by molar-refractivity contribution is 5.98. The van der Waals surface area contributed by atoms with Crippen LogP contribution in [0, 0.1) is 11.3 Å². The Balaban J connectivity index is 3.65. The molecule has 0 N–H and O–H groups in total. The van der Waals surface area contributed by atoms with Gasteiger partial charge in [-0.15, -0.1) is 0 Å². The van der Waals surface area contributed by atoms with E-state index in [-0.39, 0.29) is 11.8 Å². The van der Waals surface area contributed by atoms with E-state index in [0.29, 0.717) is 6.07 Å². The van der Waals surface area contributed by atoms with Crippen LogP contribution in [0.25, 0.3) is 0 Å². The maximum atomic E-state index is 12.6. The second-order valence-electron chi connectivity index (χ2n) is 3.27. The number of alkyl halides is 3. The Morgan fingerprint density at radius 2 is 2.00 bits per heavy atom. The van der Waals surface area contributed by atoms with Crippen molar-refractivity contribution in [1.82, 2.24) is 0 Å². The number of carbonyl (C=O) groups is 2. The Bertz CT molecular complexity index is 527. The molecule has 0 saturated heterocycles. The van der Waals surface area contributed by atoms with Gasteiger partial charge in [-0.1, -0.05) is 0 Å². The molecule has 0 atom stereocenters. The van der Waals surface area contributed by atoms with Crippen LogP contribution in [0.2, 0.25) is 0 Å². The van der Waals surface area contributed by atoms with Crippen molar-refractivity contribution in [3.05, 3.63) is 34.4 Å². The van der Waals surface area contributed by atoms with E-state index in [4.69, 9.17) is 5.26 Å². The van der Waals surface area contributed by atoms with Crippen LogP contribution in [0.5, 0.6) is 0 Å². The van der Waals surface area contributed by atoms with Gasteiger partial charge in [0.15, 0.2) is 12.1 Å². The summed E-state index contributed by atoms with van der Waals surface area (Å²) in [5.41, 5.74) is -2.45. The number of halogens is 3. The van der Waals surface area contributed by atoms with E-state index in [1.54, 1.807) is 0 Å². The summed E-state index contributed by atoms with van der Waals surface area (Å²) in [6.07, 6.45) is -4.50. The van der Waals surface area contributed by atoms with Crippen molar-refractivity contribution in [2.75, 3.05) is 0 Å². The van der Waals surface area contributed by atoms with Gasteiger partial charge in [0.25, 0.3) is 0 Å². The summed E-state index contributed by atoms with van der Waals surface area (Å²) in [6.45, 7) is 0.963. The smallest absolute Gasteiger partial charge is 0.298 e. The van der Waals surface area contributed by atoms with Crippen LogP contribution in [-0.2, 0) is 6.18 Å².